The molecule has 8 heteroatoms. The average molecular weight is 675 g/mol. The number of hydrogen-bond acceptors (Lipinski definition) is 6. The number of aromatic hydroxyl groups is 2. The second-order valence-electron chi connectivity index (χ2n) is 15.2. The molecule has 260 valence electrons. The van der Waals surface area contributed by atoms with Crippen LogP contribution in [0.25, 0.3) is 22.3 Å². The summed E-state index contributed by atoms with van der Waals surface area (Å²) >= 11 is 0. The Bertz CT molecular complexity index is 1840. The Balaban J connectivity index is 1.51. The summed E-state index contributed by atoms with van der Waals surface area (Å²) in [6, 6.07) is 20.7. The van der Waals surface area contributed by atoms with Crippen molar-refractivity contribution in [2.75, 3.05) is 0 Å². The number of rotatable bonds is 8. The lowest BCUT2D eigenvalue weighted by Gasteiger charge is -2.26. The van der Waals surface area contributed by atoms with Crippen molar-refractivity contribution < 1.29 is 30.0 Å². The van der Waals surface area contributed by atoms with Gasteiger partial charge < -0.3 is 20.4 Å². The van der Waals surface area contributed by atoms with Crippen LogP contribution in [-0.4, -0.2) is 56.9 Å². The predicted molar refractivity (Wildman–Crippen MR) is 200 cm³/mol. The lowest BCUT2D eigenvalue weighted by atomic mass is 9.83. The van der Waals surface area contributed by atoms with Crippen molar-refractivity contribution in [3.63, 3.8) is 0 Å². The Morgan fingerprint density at radius 3 is 1.32 bits per heavy atom. The number of benzene rings is 4. The zero-order chi connectivity index (χ0) is 36.4. The lowest BCUT2D eigenvalue weighted by Crippen LogP contribution is -2.27. The van der Waals surface area contributed by atoms with E-state index in [2.05, 4.69) is 0 Å². The molecule has 1 saturated carbocycles. The molecule has 0 unspecified atom stereocenters. The van der Waals surface area contributed by atoms with Gasteiger partial charge in [-0.25, -0.2) is 9.59 Å². The van der Waals surface area contributed by atoms with Crippen LogP contribution in [0.5, 0.6) is 11.5 Å². The largest absolute Gasteiger partial charge is 0.507 e. The van der Waals surface area contributed by atoms with E-state index >= 15 is 0 Å². The summed E-state index contributed by atoms with van der Waals surface area (Å²) in [5, 5.41) is 41.9. The van der Waals surface area contributed by atoms with Crippen molar-refractivity contribution in [2.24, 2.45) is 9.98 Å². The van der Waals surface area contributed by atoms with Crippen molar-refractivity contribution in [1.82, 2.24) is 0 Å². The monoisotopic (exact) mass is 674 g/mol. The van der Waals surface area contributed by atoms with Gasteiger partial charge in [0.25, 0.3) is 0 Å². The second kappa shape index (κ2) is 14.3. The maximum atomic E-state index is 11.7. The predicted octanol–water partition coefficient (Wildman–Crippen LogP) is 9.27. The number of hydrogen-bond donors (Lipinski definition) is 4. The molecule has 0 radical (unpaired) electrons. The molecular formula is C42H46N2O6. The maximum Gasteiger partial charge on any atom is 0.335 e. The Hall–Kier alpha value is -5.24. The fraction of sp³-hybridized carbons (Fsp3) is 0.333. The van der Waals surface area contributed by atoms with Crippen LogP contribution < -0.4 is 0 Å². The molecule has 0 aromatic heterocycles. The van der Waals surface area contributed by atoms with Gasteiger partial charge in [-0.2, -0.15) is 0 Å². The minimum absolute atomic E-state index is 0.138. The third kappa shape index (κ3) is 8.13. The highest BCUT2D eigenvalue weighted by Gasteiger charge is 2.26. The summed E-state index contributed by atoms with van der Waals surface area (Å²) in [7, 11) is 0. The third-order valence-electron chi connectivity index (χ3n) is 9.28. The second-order valence-corrected chi connectivity index (χ2v) is 15.2. The summed E-state index contributed by atoms with van der Waals surface area (Å²) in [5.74, 6) is -1.74. The molecule has 50 heavy (non-hydrogen) atoms. The van der Waals surface area contributed by atoms with Crippen molar-refractivity contribution >= 4 is 24.4 Å². The van der Waals surface area contributed by atoms with Gasteiger partial charge in [0.15, 0.2) is 0 Å². The van der Waals surface area contributed by atoms with E-state index < -0.39 is 11.9 Å². The number of aromatic carboxylic acids is 2. The molecule has 0 spiro atoms. The average Bonchev–Trinajstić information content (AvgIpc) is 3.06. The summed E-state index contributed by atoms with van der Waals surface area (Å²) < 4.78 is 0. The quantitative estimate of drug-likeness (QED) is 0.137. The Morgan fingerprint density at radius 2 is 0.980 bits per heavy atom. The number of carboxylic acid groups (broad SMARTS) is 2. The van der Waals surface area contributed by atoms with Crippen molar-refractivity contribution in [1.29, 1.82) is 0 Å². The fourth-order valence-corrected chi connectivity index (χ4v) is 6.44. The van der Waals surface area contributed by atoms with Crippen LogP contribution in [0.4, 0.5) is 0 Å². The number of carboxylic acids is 2. The van der Waals surface area contributed by atoms with E-state index in [0.717, 1.165) is 59.1 Å². The van der Waals surface area contributed by atoms with Gasteiger partial charge in [-0.1, -0.05) is 78.6 Å². The van der Waals surface area contributed by atoms with Crippen LogP contribution in [0.2, 0.25) is 0 Å². The molecule has 4 aromatic carbocycles. The molecule has 1 aliphatic rings. The standard InChI is InChI=1S/C42H46N2O6/c1-41(2,3)33-21-29(25-11-9-13-27(17-25)39(47)48)19-31(37(33)45)23-43-35-15-7-8-16-36(35)44-24-32-20-30(22-34(38(32)46)42(4,5)6)26-12-10-14-28(18-26)40(49)50/h9-14,17-24,35-36,45-46H,7-8,15-16H2,1-6H3,(H,47,48)(H,49,50)/t35-,36-/m1/s1. The molecule has 0 heterocycles. The molecular weight excluding hydrogens is 628 g/mol. The molecule has 1 aliphatic carbocycles. The first-order chi connectivity index (χ1) is 23.5. The van der Waals surface area contributed by atoms with Crippen LogP contribution in [0, 0.1) is 0 Å². The zero-order valence-electron chi connectivity index (χ0n) is 29.6. The molecule has 0 amide bonds. The molecule has 4 aromatic rings. The lowest BCUT2D eigenvalue weighted by molar-refractivity contribution is 0.0686. The minimum atomic E-state index is -1.01. The van der Waals surface area contributed by atoms with Crippen LogP contribution >= 0.6 is 0 Å². The van der Waals surface area contributed by atoms with Crippen LogP contribution in [-0.2, 0) is 10.8 Å². The molecule has 0 bridgehead atoms. The molecule has 0 aliphatic heterocycles. The normalized spacial score (nSPS) is 17.0. The zero-order valence-corrected chi connectivity index (χ0v) is 29.6. The molecule has 2 atom stereocenters. The first-order valence-electron chi connectivity index (χ1n) is 17.0. The van der Waals surface area contributed by atoms with Gasteiger partial charge in [0.05, 0.1) is 23.2 Å². The van der Waals surface area contributed by atoms with Gasteiger partial charge in [-0.05, 0) is 94.5 Å². The first-order valence-corrected chi connectivity index (χ1v) is 17.0. The number of phenols is 2. The Kier molecular flexibility index (Phi) is 10.3. The van der Waals surface area contributed by atoms with Gasteiger partial charge >= 0.3 is 11.9 Å². The highest BCUT2D eigenvalue weighted by atomic mass is 16.4. The molecule has 5 rings (SSSR count). The summed E-state index contributed by atoms with van der Waals surface area (Å²) in [5.41, 5.74) is 5.19. The first kappa shape index (κ1) is 36.1. The van der Waals surface area contributed by atoms with E-state index in [9.17, 15) is 30.0 Å². The van der Waals surface area contributed by atoms with Crippen LogP contribution in [0.15, 0.2) is 82.8 Å². The Labute approximate surface area is 293 Å². The van der Waals surface area contributed by atoms with Gasteiger partial charge in [0, 0.05) is 34.7 Å². The van der Waals surface area contributed by atoms with Gasteiger partial charge in [-0.15, -0.1) is 0 Å². The van der Waals surface area contributed by atoms with Crippen molar-refractivity contribution in [3.8, 4) is 33.8 Å². The number of aliphatic imine (C=N–C) groups is 2. The Morgan fingerprint density at radius 1 is 0.600 bits per heavy atom. The fourth-order valence-electron chi connectivity index (χ4n) is 6.44. The number of nitrogens with zero attached hydrogens (tertiary/aromatic N) is 2. The van der Waals surface area contributed by atoms with Gasteiger partial charge in [-0.3, -0.25) is 9.98 Å². The van der Waals surface area contributed by atoms with E-state index in [4.69, 9.17) is 9.98 Å². The highest BCUT2D eigenvalue weighted by molar-refractivity contribution is 5.92. The summed E-state index contributed by atoms with van der Waals surface area (Å²) in [6.45, 7) is 12.1. The van der Waals surface area contributed by atoms with E-state index in [0.29, 0.717) is 11.1 Å². The minimum Gasteiger partial charge on any atom is -0.507 e. The van der Waals surface area contributed by atoms with Crippen molar-refractivity contribution in [3.05, 3.63) is 106 Å². The van der Waals surface area contributed by atoms with E-state index in [1.54, 1.807) is 48.8 Å². The smallest absolute Gasteiger partial charge is 0.335 e. The molecule has 1 fully saturated rings. The van der Waals surface area contributed by atoms with Crippen LogP contribution in [0.1, 0.15) is 110 Å². The SMILES string of the molecule is CC(C)(C)c1cc(-c2cccc(C(=O)O)c2)cc(C=N[C@@H]2CCCC[C@H]2N=Cc2cc(-c3cccc(C(=O)O)c3)cc(C(C)(C)C)c2O)c1O. The van der Waals surface area contributed by atoms with Gasteiger partial charge in [0.1, 0.15) is 11.5 Å². The number of carbonyl (C=O) groups is 2. The topological polar surface area (TPSA) is 140 Å². The van der Waals surface area contributed by atoms with E-state index in [1.807, 2.05) is 77.9 Å². The molecule has 0 saturated heterocycles. The van der Waals surface area contributed by atoms with Crippen molar-refractivity contribution in [2.45, 2.75) is 90.1 Å². The van der Waals surface area contributed by atoms with Crippen LogP contribution in [0.3, 0.4) is 0 Å². The maximum absolute atomic E-state index is 11.7. The highest BCUT2D eigenvalue weighted by Crippen LogP contribution is 2.39. The molecule has 8 nitrogen and oxygen atoms in total. The summed E-state index contributed by atoms with van der Waals surface area (Å²) in [4.78, 5) is 33.3. The van der Waals surface area contributed by atoms with E-state index in [-0.39, 0.29) is 45.5 Å². The van der Waals surface area contributed by atoms with E-state index in [1.165, 1.54) is 0 Å². The van der Waals surface area contributed by atoms with Gasteiger partial charge in [0.2, 0.25) is 0 Å². The molecule has 4 N–H and O–H groups in total. The summed E-state index contributed by atoms with van der Waals surface area (Å²) in [6.07, 6.45) is 7.02. The third-order valence-corrected chi connectivity index (χ3v) is 9.28. The number of phenolic OH excluding ortho intramolecular Hbond substituents is 2.